The van der Waals surface area contributed by atoms with Crippen molar-refractivity contribution in [2.75, 3.05) is 13.7 Å². The first-order valence-electron chi connectivity index (χ1n) is 6.94. The first kappa shape index (κ1) is 16.0. The number of hydrogen-bond acceptors (Lipinski definition) is 2. The van der Waals surface area contributed by atoms with E-state index in [1.807, 2.05) is 30.3 Å². The highest BCUT2D eigenvalue weighted by Crippen LogP contribution is 2.24. The molecule has 2 aromatic carbocycles. The standard InChI is InChI=1S/C17H19BrFNO/c1-3-20-17(13-9-14(18)11-15(19)10-13)8-12-4-6-16(21-2)7-5-12/h4-7,9-11,17,20H,3,8H2,1-2H3. The van der Waals surface area contributed by atoms with Gasteiger partial charge in [-0.3, -0.25) is 0 Å². The monoisotopic (exact) mass is 351 g/mol. The quantitative estimate of drug-likeness (QED) is 0.827. The van der Waals surface area contributed by atoms with E-state index in [1.54, 1.807) is 13.2 Å². The minimum absolute atomic E-state index is 0.0791. The third kappa shape index (κ3) is 4.55. The molecule has 0 radical (unpaired) electrons. The summed E-state index contributed by atoms with van der Waals surface area (Å²) in [7, 11) is 1.65. The Labute approximate surface area is 133 Å². The van der Waals surface area contributed by atoms with E-state index in [2.05, 4.69) is 28.2 Å². The van der Waals surface area contributed by atoms with Crippen LogP contribution in [0, 0.1) is 5.82 Å². The lowest BCUT2D eigenvalue weighted by molar-refractivity contribution is 0.414. The van der Waals surface area contributed by atoms with Crippen molar-refractivity contribution in [3.8, 4) is 5.75 Å². The van der Waals surface area contributed by atoms with Gasteiger partial charge in [0.2, 0.25) is 0 Å². The summed E-state index contributed by atoms with van der Waals surface area (Å²) in [5, 5.41) is 3.41. The second-order valence-electron chi connectivity index (χ2n) is 4.87. The molecule has 0 spiro atoms. The van der Waals surface area contributed by atoms with E-state index in [0.717, 1.165) is 28.8 Å². The Morgan fingerprint density at radius 2 is 1.90 bits per heavy atom. The first-order valence-corrected chi connectivity index (χ1v) is 7.74. The van der Waals surface area contributed by atoms with Gasteiger partial charge in [-0.2, -0.15) is 0 Å². The fourth-order valence-corrected chi connectivity index (χ4v) is 2.81. The van der Waals surface area contributed by atoms with Crippen LogP contribution in [0.3, 0.4) is 0 Å². The molecule has 112 valence electrons. The smallest absolute Gasteiger partial charge is 0.124 e. The van der Waals surface area contributed by atoms with Gasteiger partial charge in [-0.1, -0.05) is 35.0 Å². The third-order valence-corrected chi connectivity index (χ3v) is 3.79. The summed E-state index contributed by atoms with van der Waals surface area (Å²) in [4.78, 5) is 0. The molecule has 1 atom stereocenters. The molecule has 0 aliphatic carbocycles. The van der Waals surface area contributed by atoms with Crippen LogP contribution in [0.2, 0.25) is 0 Å². The Hall–Kier alpha value is -1.39. The molecule has 2 aromatic rings. The molecule has 4 heteroatoms. The predicted molar refractivity (Wildman–Crippen MR) is 87.2 cm³/mol. The summed E-state index contributed by atoms with van der Waals surface area (Å²) < 4.78 is 19.5. The van der Waals surface area contributed by atoms with Crippen molar-refractivity contribution < 1.29 is 9.13 Å². The van der Waals surface area contributed by atoms with Crippen LogP contribution in [-0.4, -0.2) is 13.7 Å². The number of halogens is 2. The zero-order valence-electron chi connectivity index (χ0n) is 12.2. The summed E-state index contributed by atoms with van der Waals surface area (Å²) in [5.74, 6) is 0.615. The lowest BCUT2D eigenvalue weighted by Gasteiger charge is -2.19. The van der Waals surface area contributed by atoms with E-state index in [1.165, 1.54) is 11.6 Å². The second-order valence-corrected chi connectivity index (χ2v) is 5.78. The maximum Gasteiger partial charge on any atom is 0.124 e. The summed E-state index contributed by atoms with van der Waals surface area (Å²) in [6.07, 6.45) is 0.799. The molecule has 2 rings (SSSR count). The normalized spacial score (nSPS) is 12.2. The largest absolute Gasteiger partial charge is 0.497 e. The Kier molecular flexibility index (Phi) is 5.76. The third-order valence-electron chi connectivity index (χ3n) is 3.34. The maximum absolute atomic E-state index is 13.6. The molecule has 0 saturated heterocycles. The van der Waals surface area contributed by atoms with Gasteiger partial charge in [-0.15, -0.1) is 0 Å². The van der Waals surface area contributed by atoms with Gasteiger partial charge in [-0.05, 0) is 54.4 Å². The predicted octanol–water partition coefficient (Wildman–Crippen LogP) is 4.49. The van der Waals surface area contributed by atoms with Crippen LogP contribution in [0.15, 0.2) is 46.9 Å². The van der Waals surface area contributed by atoms with Crippen LogP contribution in [0.1, 0.15) is 24.1 Å². The molecular weight excluding hydrogens is 333 g/mol. The van der Waals surface area contributed by atoms with Crippen molar-refractivity contribution in [3.63, 3.8) is 0 Å². The fraction of sp³-hybridized carbons (Fsp3) is 0.294. The van der Waals surface area contributed by atoms with Crippen LogP contribution in [0.4, 0.5) is 4.39 Å². The lowest BCUT2D eigenvalue weighted by atomic mass is 9.98. The van der Waals surface area contributed by atoms with Crippen LogP contribution < -0.4 is 10.1 Å². The molecule has 2 nitrogen and oxygen atoms in total. The van der Waals surface area contributed by atoms with E-state index in [4.69, 9.17) is 4.74 Å². The zero-order valence-corrected chi connectivity index (χ0v) is 13.8. The van der Waals surface area contributed by atoms with E-state index in [9.17, 15) is 4.39 Å². The molecule has 1 unspecified atom stereocenters. The number of rotatable bonds is 6. The van der Waals surface area contributed by atoms with E-state index >= 15 is 0 Å². The topological polar surface area (TPSA) is 21.3 Å². The molecule has 0 bridgehead atoms. The second kappa shape index (κ2) is 7.57. The van der Waals surface area contributed by atoms with E-state index in [0.29, 0.717) is 0 Å². The summed E-state index contributed by atoms with van der Waals surface area (Å²) in [6.45, 7) is 2.88. The van der Waals surface area contributed by atoms with Crippen molar-refractivity contribution in [1.82, 2.24) is 5.32 Å². The first-order chi connectivity index (χ1) is 10.1. The van der Waals surface area contributed by atoms with Gasteiger partial charge in [0.05, 0.1) is 7.11 Å². The molecule has 0 saturated carbocycles. The molecule has 0 aliphatic rings. The van der Waals surface area contributed by atoms with Gasteiger partial charge in [0.25, 0.3) is 0 Å². The van der Waals surface area contributed by atoms with Crippen molar-refractivity contribution >= 4 is 15.9 Å². The van der Waals surface area contributed by atoms with Gasteiger partial charge in [0, 0.05) is 10.5 Å². The average Bonchev–Trinajstić information content (AvgIpc) is 2.46. The summed E-state index contributed by atoms with van der Waals surface area (Å²) in [5.41, 5.74) is 2.13. The van der Waals surface area contributed by atoms with Gasteiger partial charge in [0.1, 0.15) is 11.6 Å². The number of hydrogen-bond donors (Lipinski definition) is 1. The van der Waals surface area contributed by atoms with Crippen LogP contribution >= 0.6 is 15.9 Å². The minimum Gasteiger partial charge on any atom is -0.497 e. The molecule has 21 heavy (non-hydrogen) atoms. The number of likely N-dealkylation sites (N-methyl/N-ethyl adjacent to an activating group) is 1. The van der Waals surface area contributed by atoms with Gasteiger partial charge >= 0.3 is 0 Å². The Balaban J connectivity index is 2.21. The van der Waals surface area contributed by atoms with Crippen molar-refractivity contribution in [1.29, 1.82) is 0 Å². The molecule has 1 N–H and O–H groups in total. The Morgan fingerprint density at radius 3 is 2.48 bits per heavy atom. The number of methoxy groups -OCH3 is 1. The molecule has 0 aliphatic heterocycles. The van der Waals surface area contributed by atoms with Gasteiger partial charge in [-0.25, -0.2) is 4.39 Å². The van der Waals surface area contributed by atoms with Crippen LogP contribution in [0.5, 0.6) is 5.75 Å². The number of nitrogens with one attached hydrogen (secondary N) is 1. The SMILES string of the molecule is CCNC(Cc1ccc(OC)cc1)c1cc(F)cc(Br)c1. The molecule has 0 aromatic heterocycles. The molecule has 0 heterocycles. The molecular formula is C17H19BrFNO. The summed E-state index contributed by atoms with van der Waals surface area (Å²) >= 11 is 3.35. The average molecular weight is 352 g/mol. The molecule has 0 fully saturated rings. The van der Waals surface area contributed by atoms with E-state index in [-0.39, 0.29) is 11.9 Å². The number of benzene rings is 2. The van der Waals surface area contributed by atoms with Crippen LogP contribution in [0.25, 0.3) is 0 Å². The molecule has 0 amide bonds. The highest BCUT2D eigenvalue weighted by molar-refractivity contribution is 9.10. The zero-order chi connectivity index (χ0) is 15.2. The van der Waals surface area contributed by atoms with Gasteiger partial charge in [0.15, 0.2) is 0 Å². The Morgan fingerprint density at radius 1 is 1.19 bits per heavy atom. The van der Waals surface area contributed by atoms with Crippen LogP contribution in [-0.2, 0) is 6.42 Å². The fourth-order valence-electron chi connectivity index (χ4n) is 2.33. The minimum atomic E-state index is -0.225. The number of ether oxygens (including phenoxy) is 1. The highest BCUT2D eigenvalue weighted by Gasteiger charge is 2.13. The lowest BCUT2D eigenvalue weighted by Crippen LogP contribution is -2.23. The van der Waals surface area contributed by atoms with Gasteiger partial charge < -0.3 is 10.1 Å². The van der Waals surface area contributed by atoms with Crippen molar-refractivity contribution in [2.45, 2.75) is 19.4 Å². The van der Waals surface area contributed by atoms with E-state index < -0.39 is 0 Å². The summed E-state index contributed by atoms with van der Waals surface area (Å²) in [6, 6.07) is 13.1. The maximum atomic E-state index is 13.6. The Bertz CT molecular complexity index is 566. The highest BCUT2D eigenvalue weighted by atomic mass is 79.9. The van der Waals surface area contributed by atoms with Crippen molar-refractivity contribution in [2.24, 2.45) is 0 Å². The van der Waals surface area contributed by atoms with Crippen molar-refractivity contribution in [3.05, 3.63) is 63.9 Å².